The molecule has 0 aliphatic carbocycles. The molecule has 0 saturated carbocycles. The third kappa shape index (κ3) is 4.06. The first-order chi connectivity index (χ1) is 4.95. The van der Waals surface area contributed by atoms with Gasteiger partial charge in [0.2, 0.25) is 0 Å². The normalized spacial score (nSPS) is 12.7. The molecule has 0 spiro atoms. The minimum atomic E-state index is -1.28. The zero-order chi connectivity index (χ0) is 9.02. The molecular weight excluding hydrogens is 193 g/mol. The zero-order valence-electron chi connectivity index (χ0n) is 5.67. The lowest BCUT2D eigenvalue weighted by Gasteiger charge is -2.09. The summed E-state index contributed by atoms with van der Waals surface area (Å²) in [5, 5.41) is 10.1. The second kappa shape index (κ2) is 4.41. The molecule has 0 rings (SSSR count). The van der Waals surface area contributed by atoms with E-state index in [-0.39, 0.29) is 0 Å². The van der Waals surface area contributed by atoms with Gasteiger partial charge in [-0.25, -0.2) is 4.79 Å². The van der Waals surface area contributed by atoms with Crippen molar-refractivity contribution >= 4 is 35.1 Å². The molecule has 0 bridgehead atoms. The predicted octanol–water partition coefficient (Wildman–Crippen LogP) is 1.02. The summed E-state index contributed by atoms with van der Waals surface area (Å²) in [6.45, 7) is 1.37. The topological polar surface area (TPSA) is 66.4 Å². The number of alkyl halides is 2. The zero-order valence-corrected chi connectivity index (χ0v) is 7.19. The number of ketones is 1. The molecular formula is C5H7Cl2NO3. The summed E-state index contributed by atoms with van der Waals surface area (Å²) < 4.78 is 0. The van der Waals surface area contributed by atoms with Crippen LogP contribution in [0, 0.1) is 0 Å². The number of carbonyl (C=O) groups is 2. The maximum atomic E-state index is 10.8. The quantitative estimate of drug-likeness (QED) is 0.668. The SMILES string of the molecule is C[C@H](NC(=O)O)C(=O)C(Cl)Cl. The number of amides is 1. The van der Waals surface area contributed by atoms with Crippen molar-refractivity contribution in [3.05, 3.63) is 0 Å². The van der Waals surface area contributed by atoms with E-state index in [1.54, 1.807) is 0 Å². The Morgan fingerprint density at radius 2 is 1.91 bits per heavy atom. The van der Waals surface area contributed by atoms with Gasteiger partial charge >= 0.3 is 6.09 Å². The van der Waals surface area contributed by atoms with Crippen LogP contribution in [0.5, 0.6) is 0 Å². The van der Waals surface area contributed by atoms with Crippen LogP contribution in [0.3, 0.4) is 0 Å². The first-order valence-electron chi connectivity index (χ1n) is 2.76. The van der Waals surface area contributed by atoms with E-state index in [1.807, 2.05) is 5.32 Å². The number of halogens is 2. The number of rotatable bonds is 3. The van der Waals surface area contributed by atoms with Gasteiger partial charge in [0.05, 0.1) is 6.04 Å². The van der Waals surface area contributed by atoms with Gasteiger partial charge in [-0.15, -0.1) is 0 Å². The van der Waals surface area contributed by atoms with Crippen LogP contribution < -0.4 is 5.32 Å². The molecule has 2 N–H and O–H groups in total. The summed E-state index contributed by atoms with van der Waals surface area (Å²) in [7, 11) is 0. The Balaban J connectivity index is 3.93. The Bertz CT molecular complexity index is 171. The van der Waals surface area contributed by atoms with Crippen molar-refractivity contribution < 1.29 is 14.7 Å². The molecule has 0 unspecified atom stereocenters. The predicted molar refractivity (Wildman–Crippen MR) is 41.1 cm³/mol. The Labute approximate surface area is 73.5 Å². The van der Waals surface area contributed by atoms with Crippen LogP contribution in [0.4, 0.5) is 4.79 Å². The van der Waals surface area contributed by atoms with Gasteiger partial charge in [0.15, 0.2) is 10.6 Å². The van der Waals surface area contributed by atoms with Crippen LogP contribution >= 0.6 is 23.2 Å². The minimum Gasteiger partial charge on any atom is -0.465 e. The highest BCUT2D eigenvalue weighted by Crippen LogP contribution is 2.05. The standard InChI is InChI=1S/C5H7Cl2NO3/c1-2(8-5(10)11)3(9)4(6)7/h2,4,8H,1H3,(H,10,11)/t2-/m0/s1. The Kier molecular flexibility index (Phi) is 4.22. The number of nitrogens with one attached hydrogen (secondary N) is 1. The number of Topliss-reactive ketones (excluding diaryl/α,β-unsaturated/α-hetero) is 1. The molecule has 64 valence electrons. The highest BCUT2D eigenvalue weighted by molar-refractivity contribution is 6.54. The van der Waals surface area contributed by atoms with E-state index < -0.39 is 22.8 Å². The van der Waals surface area contributed by atoms with Gasteiger partial charge in [0, 0.05) is 0 Å². The van der Waals surface area contributed by atoms with Crippen molar-refractivity contribution in [1.29, 1.82) is 0 Å². The van der Waals surface area contributed by atoms with Crippen LogP contribution in [0.1, 0.15) is 6.92 Å². The lowest BCUT2D eigenvalue weighted by atomic mass is 10.2. The highest BCUT2D eigenvalue weighted by atomic mass is 35.5. The van der Waals surface area contributed by atoms with Crippen molar-refractivity contribution in [1.82, 2.24) is 5.32 Å². The molecule has 0 radical (unpaired) electrons. The maximum Gasteiger partial charge on any atom is 0.405 e. The van der Waals surface area contributed by atoms with Gasteiger partial charge in [0.1, 0.15) is 0 Å². The number of hydrogen-bond donors (Lipinski definition) is 2. The molecule has 1 atom stereocenters. The number of carbonyl (C=O) groups excluding carboxylic acids is 1. The first kappa shape index (κ1) is 10.5. The molecule has 0 fully saturated rings. The Hall–Kier alpha value is -0.480. The van der Waals surface area contributed by atoms with Crippen molar-refractivity contribution in [2.24, 2.45) is 0 Å². The van der Waals surface area contributed by atoms with E-state index in [2.05, 4.69) is 0 Å². The smallest absolute Gasteiger partial charge is 0.405 e. The maximum absolute atomic E-state index is 10.8. The highest BCUT2D eigenvalue weighted by Gasteiger charge is 2.20. The molecule has 0 aliphatic heterocycles. The summed E-state index contributed by atoms with van der Waals surface area (Å²) >= 11 is 10.4. The van der Waals surface area contributed by atoms with Gasteiger partial charge in [-0.1, -0.05) is 23.2 Å². The molecule has 4 nitrogen and oxygen atoms in total. The average Bonchev–Trinajstić information content (AvgIpc) is 1.84. The largest absolute Gasteiger partial charge is 0.465 e. The first-order valence-corrected chi connectivity index (χ1v) is 3.63. The van der Waals surface area contributed by atoms with Crippen molar-refractivity contribution in [3.8, 4) is 0 Å². The fraction of sp³-hybridized carbons (Fsp3) is 0.600. The molecule has 0 saturated heterocycles. The minimum absolute atomic E-state index is 0.560. The third-order valence-corrected chi connectivity index (χ3v) is 1.41. The van der Waals surface area contributed by atoms with E-state index >= 15 is 0 Å². The van der Waals surface area contributed by atoms with E-state index in [1.165, 1.54) is 6.92 Å². The summed E-state index contributed by atoms with van der Waals surface area (Å²) in [5.74, 6) is -0.560. The average molecular weight is 200 g/mol. The monoisotopic (exact) mass is 199 g/mol. The van der Waals surface area contributed by atoms with Gasteiger partial charge in [-0.05, 0) is 6.92 Å². The van der Waals surface area contributed by atoms with Crippen molar-refractivity contribution in [2.75, 3.05) is 0 Å². The van der Waals surface area contributed by atoms with Gasteiger partial charge < -0.3 is 10.4 Å². The Morgan fingerprint density at radius 1 is 1.45 bits per heavy atom. The fourth-order valence-electron chi connectivity index (χ4n) is 0.445. The lowest BCUT2D eigenvalue weighted by molar-refractivity contribution is -0.118. The third-order valence-electron chi connectivity index (χ3n) is 0.982. The van der Waals surface area contributed by atoms with E-state index in [4.69, 9.17) is 28.3 Å². The molecule has 0 aliphatic rings. The number of hydrogen-bond acceptors (Lipinski definition) is 2. The van der Waals surface area contributed by atoms with E-state index in [0.717, 1.165) is 0 Å². The second-order valence-corrected chi connectivity index (χ2v) is 2.97. The van der Waals surface area contributed by atoms with E-state index in [9.17, 15) is 9.59 Å². The van der Waals surface area contributed by atoms with Gasteiger partial charge in [0.25, 0.3) is 0 Å². The molecule has 0 aromatic carbocycles. The number of carboxylic acid groups (broad SMARTS) is 1. The lowest BCUT2D eigenvalue weighted by Crippen LogP contribution is -2.39. The molecule has 11 heavy (non-hydrogen) atoms. The molecule has 6 heteroatoms. The molecule has 0 aromatic heterocycles. The van der Waals surface area contributed by atoms with Gasteiger partial charge in [-0.2, -0.15) is 0 Å². The Morgan fingerprint density at radius 3 is 2.18 bits per heavy atom. The molecule has 0 aromatic rings. The summed E-state index contributed by atoms with van der Waals surface area (Å²) in [6, 6.07) is -0.868. The van der Waals surface area contributed by atoms with E-state index in [0.29, 0.717) is 0 Å². The molecule has 0 heterocycles. The summed E-state index contributed by atoms with van der Waals surface area (Å²) in [4.78, 5) is 19.6. The fourth-order valence-corrected chi connectivity index (χ4v) is 0.823. The second-order valence-electron chi connectivity index (χ2n) is 1.87. The van der Waals surface area contributed by atoms with Crippen LogP contribution in [0.25, 0.3) is 0 Å². The van der Waals surface area contributed by atoms with Crippen LogP contribution in [0.15, 0.2) is 0 Å². The summed E-state index contributed by atoms with van der Waals surface area (Å²) in [5.41, 5.74) is 0. The van der Waals surface area contributed by atoms with Gasteiger partial charge in [-0.3, -0.25) is 4.79 Å². The van der Waals surface area contributed by atoms with Crippen LogP contribution in [-0.4, -0.2) is 27.9 Å². The summed E-state index contributed by atoms with van der Waals surface area (Å²) in [6.07, 6.45) is -1.28. The van der Waals surface area contributed by atoms with Crippen LogP contribution in [-0.2, 0) is 4.79 Å². The van der Waals surface area contributed by atoms with Crippen LogP contribution in [0.2, 0.25) is 0 Å². The van der Waals surface area contributed by atoms with Crippen molar-refractivity contribution in [3.63, 3.8) is 0 Å². The van der Waals surface area contributed by atoms with Crippen molar-refractivity contribution in [2.45, 2.75) is 17.8 Å². The molecule has 1 amide bonds.